The fraction of sp³-hybridized carbons (Fsp3) is 0.300. The number of para-hydroxylation sites is 2. The monoisotopic (exact) mass is 366 g/mol. The molecule has 0 saturated carbocycles. The maximum absolute atomic E-state index is 4.95. The van der Waals surface area contributed by atoms with Gasteiger partial charge < -0.3 is 4.90 Å². The lowest BCUT2D eigenvalue weighted by Crippen LogP contribution is -3.11. The number of fused-ring (bicyclic) bond motifs is 2. The van der Waals surface area contributed by atoms with Gasteiger partial charge in [0.05, 0.1) is 27.0 Å². The number of benzene rings is 2. The average Bonchev–Trinajstić information content (AvgIpc) is 3.25. The van der Waals surface area contributed by atoms with E-state index in [2.05, 4.69) is 48.5 Å². The van der Waals surface area contributed by atoms with Crippen LogP contribution in [0.5, 0.6) is 0 Å². The number of quaternary nitrogens is 1. The van der Waals surface area contributed by atoms with Gasteiger partial charge in [0.2, 0.25) is 0 Å². The lowest BCUT2D eigenvalue weighted by molar-refractivity contribution is -0.950. The molecule has 1 aliphatic rings. The smallest absolute Gasteiger partial charge is 0.151 e. The molecule has 3 heterocycles. The fourth-order valence-electron chi connectivity index (χ4n) is 3.82. The Bertz CT molecular complexity index is 954. The van der Waals surface area contributed by atoms with Crippen molar-refractivity contribution in [3.8, 4) is 0 Å². The van der Waals surface area contributed by atoms with Gasteiger partial charge in [-0.1, -0.05) is 24.3 Å². The van der Waals surface area contributed by atoms with Crippen molar-refractivity contribution in [2.45, 2.75) is 31.8 Å². The predicted molar refractivity (Wildman–Crippen MR) is 105 cm³/mol. The number of hydrogen-bond donors (Lipinski definition) is 1. The molecule has 1 saturated heterocycles. The van der Waals surface area contributed by atoms with Gasteiger partial charge in [-0.25, -0.2) is 9.97 Å². The second kappa shape index (κ2) is 6.48. The molecule has 0 amide bonds. The first kappa shape index (κ1) is 15.4. The number of likely N-dealkylation sites (tertiary alicyclic amines) is 1. The summed E-state index contributed by atoms with van der Waals surface area (Å²) >= 11 is 3.72. The van der Waals surface area contributed by atoms with E-state index in [-0.39, 0.29) is 0 Å². The standard InChI is InChI=1S/C20H19N3S2/c1-3-10-17-14(7-1)21-19(24-17)13-23-12-6-5-9-16(23)20-22-15-8-2-4-11-18(15)25-20/h1-4,7-8,10-11,16H,5-6,9,12-13H2/p+1/t16-/m0/s1. The molecule has 2 atom stereocenters. The first-order valence-corrected chi connectivity index (χ1v) is 10.5. The van der Waals surface area contributed by atoms with E-state index in [4.69, 9.17) is 9.97 Å². The maximum atomic E-state index is 4.95. The minimum Gasteiger partial charge on any atom is -0.321 e. The summed E-state index contributed by atoms with van der Waals surface area (Å²) < 4.78 is 2.60. The molecule has 0 radical (unpaired) electrons. The summed E-state index contributed by atoms with van der Waals surface area (Å²) in [7, 11) is 0. The van der Waals surface area contributed by atoms with E-state index < -0.39 is 0 Å². The highest BCUT2D eigenvalue weighted by Gasteiger charge is 2.31. The molecule has 5 rings (SSSR count). The van der Waals surface area contributed by atoms with Crippen LogP contribution in [0.15, 0.2) is 48.5 Å². The van der Waals surface area contributed by atoms with Crippen molar-refractivity contribution in [3.05, 3.63) is 58.5 Å². The minimum atomic E-state index is 0.512. The first-order chi connectivity index (χ1) is 12.4. The average molecular weight is 367 g/mol. The van der Waals surface area contributed by atoms with E-state index in [0.717, 1.165) is 17.6 Å². The molecule has 1 N–H and O–H groups in total. The van der Waals surface area contributed by atoms with E-state index in [1.807, 2.05) is 22.7 Å². The van der Waals surface area contributed by atoms with Gasteiger partial charge in [-0.2, -0.15) is 0 Å². The number of thiazole rings is 2. The SMILES string of the molecule is c1ccc2sc(C[NH+]3CCCC[C@H]3c3nc4ccccc4s3)nc2c1. The van der Waals surface area contributed by atoms with Crippen molar-refractivity contribution in [1.29, 1.82) is 0 Å². The van der Waals surface area contributed by atoms with E-state index in [0.29, 0.717) is 6.04 Å². The molecular formula is C20H20N3S2+. The Morgan fingerprint density at radius 2 is 1.60 bits per heavy atom. The van der Waals surface area contributed by atoms with E-state index in [1.54, 1.807) is 4.90 Å². The van der Waals surface area contributed by atoms with Crippen LogP contribution >= 0.6 is 22.7 Å². The number of hydrogen-bond acceptors (Lipinski definition) is 4. The maximum Gasteiger partial charge on any atom is 0.151 e. The third kappa shape index (κ3) is 2.97. The van der Waals surface area contributed by atoms with Crippen LogP contribution in [0, 0.1) is 0 Å². The Morgan fingerprint density at radius 3 is 2.36 bits per heavy atom. The fourth-order valence-corrected chi connectivity index (χ4v) is 6.00. The van der Waals surface area contributed by atoms with Crippen LogP contribution in [-0.4, -0.2) is 16.5 Å². The number of aromatic nitrogens is 2. The van der Waals surface area contributed by atoms with Gasteiger partial charge >= 0.3 is 0 Å². The molecule has 25 heavy (non-hydrogen) atoms. The second-order valence-electron chi connectivity index (χ2n) is 6.73. The molecule has 4 aromatic rings. The van der Waals surface area contributed by atoms with Crippen molar-refractivity contribution in [2.24, 2.45) is 0 Å². The van der Waals surface area contributed by atoms with Gasteiger partial charge in [-0.15, -0.1) is 22.7 Å². The molecule has 0 bridgehead atoms. The molecule has 1 fully saturated rings. The van der Waals surface area contributed by atoms with Gasteiger partial charge in [0, 0.05) is 6.42 Å². The number of rotatable bonds is 3. The van der Waals surface area contributed by atoms with Gasteiger partial charge in [0.25, 0.3) is 0 Å². The van der Waals surface area contributed by atoms with E-state index in [9.17, 15) is 0 Å². The Morgan fingerprint density at radius 1 is 0.880 bits per heavy atom. The molecule has 0 spiro atoms. The van der Waals surface area contributed by atoms with Crippen molar-refractivity contribution in [2.75, 3.05) is 6.54 Å². The zero-order chi connectivity index (χ0) is 16.6. The summed E-state index contributed by atoms with van der Waals surface area (Å²) in [6.45, 7) is 2.23. The predicted octanol–water partition coefficient (Wildman–Crippen LogP) is 4.22. The summed E-state index contributed by atoms with van der Waals surface area (Å²) in [5.41, 5.74) is 2.28. The molecule has 3 nitrogen and oxygen atoms in total. The summed E-state index contributed by atoms with van der Waals surface area (Å²) in [5.74, 6) is 0. The third-order valence-electron chi connectivity index (χ3n) is 5.06. The molecule has 2 aromatic heterocycles. The van der Waals surface area contributed by atoms with Crippen LogP contribution in [0.25, 0.3) is 20.4 Å². The summed E-state index contributed by atoms with van der Waals surface area (Å²) in [4.78, 5) is 11.4. The van der Waals surface area contributed by atoms with E-state index in [1.165, 1.54) is 45.2 Å². The van der Waals surface area contributed by atoms with Crippen LogP contribution in [0.2, 0.25) is 0 Å². The Kier molecular flexibility index (Phi) is 4.00. The van der Waals surface area contributed by atoms with Crippen LogP contribution in [0.4, 0.5) is 0 Å². The Hall–Kier alpha value is -1.82. The number of nitrogens with one attached hydrogen (secondary N) is 1. The van der Waals surface area contributed by atoms with Crippen LogP contribution in [0.3, 0.4) is 0 Å². The molecule has 5 heteroatoms. The van der Waals surface area contributed by atoms with Crippen molar-refractivity contribution in [3.63, 3.8) is 0 Å². The molecule has 2 aromatic carbocycles. The highest BCUT2D eigenvalue weighted by Crippen LogP contribution is 2.29. The first-order valence-electron chi connectivity index (χ1n) is 8.91. The van der Waals surface area contributed by atoms with Crippen molar-refractivity contribution < 1.29 is 4.90 Å². The number of nitrogens with zero attached hydrogens (tertiary/aromatic N) is 2. The Labute approximate surface area is 155 Å². The van der Waals surface area contributed by atoms with Crippen molar-refractivity contribution in [1.82, 2.24) is 9.97 Å². The third-order valence-corrected chi connectivity index (χ3v) is 7.24. The number of piperidine rings is 1. The molecule has 0 aliphatic carbocycles. The largest absolute Gasteiger partial charge is 0.321 e. The quantitative estimate of drug-likeness (QED) is 0.588. The van der Waals surface area contributed by atoms with Gasteiger partial charge in [-0.3, -0.25) is 0 Å². The normalized spacial score (nSPS) is 21.1. The van der Waals surface area contributed by atoms with Gasteiger partial charge in [-0.05, 0) is 37.1 Å². The zero-order valence-corrected chi connectivity index (χ0v) is 15.6. The summed E-state index contributed by atoms with van der Waals surface area (Å²) in [6.07, 6.45) is 3.85. The van der Waals surface area contributed by atoms with Gasteiger partial charge in [0.1, 0.15) is 17.6 Å². The van der Waals surface area contributed by atoms with Crippen LogP contribution in [0.1, 0.15) is 35.3 Å². The highest BCUT2D eigenvalue weighted by molar-refractivity contribution is 7.18. The molecular weight excluding hydrogens is 346 g/mol. The van der Waals surface area contributed by atoms with Crippen molar-refractivity contribution >= 4 is 43.1 Å². The highest BCUT2D eigenvalue weighted by atomic mass is 32.1. The summed E-state index contributed by atoms with van der Waals surface area (Å²) in [5, 5.41) is 2.56. The minimum absolute atomic E-state index is 0.512. The molecule has 1 unspecified atom stereocenters. The van der Waals surface area contributed by atoms with Gasteiger partial charge in [0.15, 0.2) is 5.01 Å². The lowest BCUT2D eigenvalue weighted by atomic mass is 10.0. The topological polar surface area (TPSA) is 30.2 Å². The summed E-state index contributed by atoms with van der Waals surface area (Å²) in [6, 6.07) is 17.5. The van der Waals surface area contributed by atoms with Crippen LogP contribution < -0.4 is 4.90 Å². The zero-order valence-electron chi connectivity index (χ0n) is 13.9. The lowest BCUT2D eigenvalue weighted by Gasteiger charge is -2.30. The molecule has 1 aliphatic heterocycles. The van der Waals surface area contributed by atoms with Crippen LogP contribution in [-0.2, 0) is 6.54 Å². The Balaban J connectivity index is 1.45. The molecule has 126 valence electrons. The second-order valence-corrected chi connectivity index (χ2v) is 8.91. The van der Waals surface area contributed by atoms with E-state index >= 15 is 0 Å².